The zero-order valence-corrected chi connectivity index (χ0v) is 16.6. The Hall–Kier alpha value is -3.19. The van der Waals surface area contributed by atoms with Crippen molar-refractivity contribution in [2.45, 2.75) is 27.2 Å². The molecule has 2 rings (SSSR count). The Kier molecular flexibility index (Phi) is 7.28. The van der Waals surface area contributed by atoms with Crippen LogP contribution in [0.15, 0.2) is 47.6 Å². The average Bonchev–Trinajstić information content (AvgIpc) is 2.63. The van der Waals surface area contributed by atoms with Gasteiger partial charge < -0.3 is 10.6 Å². The van der Waals surface area contributed by atoms with Crippen LogP contribution in [-0.2, 0) is 9.59 Å². The number of halogens is 1. The maximum atomic E-state index is 12.1. The first-order valence-corrected chi connectivity index (χ1v) is 8.90. The summed E-state index contributed by atoms with van der Waals surface area (Å²) in [5.41, 5.74) is 5.24. The van der Waals surface area contributed by atoms with E-state index in [0.717, 1.165) is 5.56 Å². The molecule has 2 aromatic rings. The van der Waals surface area contributed by atoms with Crippen LogP contribution in [-0.4, -0.2) is 23.4 Å². The lowest BCUT2D eigenvalue weighted by Gasteiger charge is -2.09. The number of anilines is 2. The van der Waals surface area contributed by atoms with Gasteiger partial charge in [-0.05, 0) is 55.8 Å². The predicted octanol–water partition coefficient (Wildman–Crippen LogP) is 3.74. The summed E-state index contributed by atoms with van der Waals surface area (Å²) in [5, 5.41) is 9.91. The fraction of sp³-hybridized carbons (Fsp3) is 0.200. The highest BCUT2D eigenvalue weighted by atomic mass is 35.5. The monoisotopic (exact) mass is 400 g/mol. The van der Waals surface area contributed by atoms with Gasteiger partial charge in [0.15, 0.2) is 0 Å². The van der Waals surface area contributed by atoms with Gasteiger partial charge in [-0.2, -0.15) is 5.10 Å². The summed E-state index contributed by atoms with van der Waals surface area (Å²) < 4.78 is 0. The maximum absolute atomic E-state index is 12.1. The summed E-state index contributed by atoms with van der Waals surface area (Å²) in [6.07, 6.45) is 0.0215. The van der Waals surface area contributed by atoms with Crippen molar-refractivity contribution in [3.63, 3.8) is 0 Å². The normalized spacial score (nSPS) is 10.9. The van der Waals surface area contributed by atoms with Crippen molar-refractivity contribution in [1.82, 2.24) is 5.43 Å². The fourth-order valence-corrected chi connectivity index (χ4v) is 2.50. The SMILES string of the molecule is CC(=O)Nc1ccc(C(=O)N/N=C(/C)CC(=O)Nc2cccc(Cl)c2C)cc1. The van der Waals surface area contributed by atoms with Gasteiger partial charge in [0.05, 0.1) is 6.42 Å². The third-order valence-electron chi connectivity index (χ3n) is 3.77. The molecule has 0 saturated carbocycles. The number of benzene rings is 2. The van der Waals surface area contributed by atoms with Crippen LogP contribution in [0.1, 0.15) is 36.2 Å². The number of nitrogens with one attached hydrogen (secondary N) is 3. The maximum Gasteiger partial charge on any atom is 0.271 e. The molecule has 0 radical (unpaired) electrons. The molecule has 3 N–H and O–H groups in total. The lowest BCUT2D eigenvalue weighted by molar-refractivity contribution is -0.115. The molecule has 28 heavy (non-hydrogen) atoms. The number of hydrazone groups is 1. The van der Waals surface area contributed by atoms with Gasteiger partial charge in [0.25, 0.3) is 5.91 Å². The standard InChI is InChI=1S/C20H21ClN4O3/c1-12(11-19(27)23-18-6-4-5-17(21)13(18)2)24-25-20(28)15-7-9-16(10-8-15)22-14(3)26/h4-10H,11H2,1-3H3,(H,22,26)(H,23,27)(H,25,28)/b24-12-. The van der Waals surface area contributed by atoms with E-state index in [2.05, 4.69) is 21.2 Å². The highest BCUT2D eigenvalue weighted by Gasteiger charge is 2.09. The number of amides is 3. The second kappa shape index (κ2) is 9.66. The van der Waals surface area contributed by atoms with Gasteiger partial charge in [0, 0.05) is 34.6 Å². The van der Waals surface area contributed by atoms with E-state index < -0.39 is 5.91 Å². The van der Waals surface area contributed by atoms with Crippen LogP contribution in [0, 0.1) is 6.92 Å². The zero-order chi connectivity index (χ0) is 20.7. The molecule has 3 amide bonds. The predicted molar refractivity (Wildman–Crippen MR) is 111 cm³/mol. The van der Waals surface area contributed by atoms with E-state index in [-0.39, 0.29) is 18.2 Å². The quantitative estimate of drug-likeness (QED) is 0.508. The van der Waals surface area contributed by atoms with Crippen molar-refractivity contribution in [3.8, 4) is 0 Å². The summed E-state index contributed by atoms with van der Waals surface area (Å²) in [4.78, 5) is 35.3. The number of carbonyl (C=O) groups is 3. The van der Waals surface area contributed by atoms with Crippen molar-refractivity contribution >= 4 is 46.4 Å². The van der Waals surface area contributed by atoms with E-state index in [1.807, 2.05) is 6.92 Å². The molecule has 0 aliphatic carbocycles. The number of hydrogen-bond donors (Lipinski definition) is 3. The third-order valence-corrected chi connectivity index (χ3v) is 4.18. The minimum absolute atomic E-state index is 0.0215. The number of nitrogens with zero attached hydrogens (tertiary/aromatic N) is 1. The third kappa shape index (κ3) is 6.21. The highest BCUT2D eigenvalue weighted by molar-refractivity contribution is 6.31. The van der Waals surface area contributed by atoms with Gasteiger partial charge in [-0.3, -0.25) is 14.4 Å². The van der Waals surface area contributed by atoms with Gasteiger partial charge in [-0.25, -0.2) is 5.43 Å². The van der Waals surface area contributed by atoms with Gasteiger partial charge in [0.1, 0.15) is 0 Å². The first-order valence-electron chi connectivity index (χ1n) is 8.52. The molecular formula is C20H21ClN4O3. The van der Waals surface area contributed by atoms with Crippen LogP contribution in [0.2, 0.25) is 5.02 Å². The van der Waals surface area contributed by atoms with E-state index in [0.29, 0.717) is 27.7 Å². The van der Waals surface area contributed by atoms with Crippen LogP contribution < -0.4 is 16.1 Å². The van der Waals surface area contributed by atoms with E-state index >= 15 is 0 Å². The smallest absolute Gasteiger partial charge is 0.271 e. The molecule has 0 spiro atoms. The first-order chi connectivity index (χ1) is 13.3. The molecule has 146 valence electrons. The van der Waals surface area contributed by atoms with E-state index in [4.69, 9.17) is 11.6 Å². The molecule has 7 nitrogen and oxygen atoms in total. The second-order valence-electron chi connectivity index (χ2n) is 6.18. The molecule has 0 aromatic heterocycles. The summed E-state index contributed by atoms with van der Waals surface area (Å²) in [6, 6.07) is 11.6. The van der Waals surface area contributed by atoms with Crippen molar-refractivity contribution in [3.05, 3.63) is 58.6 Å². The number of hydrogen-bond acceptors (Lipinski definition) is 4. The Morgan fingerprint density at radius 3 is 2.32 bits per heavy atom. The minimum Gasteiger partial charge on any atom is -0.326 e. The minimum atomic E-state index is -0.417. The molecule has 0 saturated heterocycles. The van der Waals surface area contributed by atoms with Crippen LogP contribution in [0.4, 0.5) is 11.4 Å². The molecule has 0 fully saturated rings. The van der Waals surface area contributed by atoms with Crippen molar-refractivity contribution in [2.75, 3.05) is 10.6 Å². The Morgan fingerprint density at radius 1 is 1.00 bits per heavy atom. The number of rotatable bonds is 6. The largest absolute Gasteiger partial charge is 0.326 e. The fourth-order valence-electron chi connectivity index (χ4n) is 2.33. The lowest BCUT2D eigenvalue weighted by Crippen LogP contribution is -2.21. The molecule has 2 aromatic carbocycles. The Balaban J connectivity index is 1.90. The van der Waals surface area contributed by atoms with E-state index in [1.165, 1.54) is 6.92 Å². The van der Waals surface area contributed by atoms with E-state index in [1.54, 1.807) is 49.4 Å². The molecular weight excluding hydrogens is 380 g/mol. The van der Waals surface area contributed by atoms with Gasteiger partial charge in [-0.1, -0.05) is 17.7 Å². The lowest BCUT2D eigenvalue weighted by atomic mass is 10.2. The van der Waals surface area contributed by atoms with Crippen LogP contribution in [0.5, 0.6) is 0 Å². The summed E-state index contributed by atoms with van der Waals surface area (Å²) in [6.45, 7) is 4.86. The van der Waals surface area contributed by atoms with Crippen molar-refractivity contribution in [2.24, 2.45) is 5.10 Å². The summed E-state index contributed by atoms with van der Waals surface area (Å²) in [7, 11) is 0. The molecule has 0 aliphatic heterocycles. The van der Waals surface area contributed by atoms with Crippen LogP contribution in [0.25, 0.3) is 0 Å². The molecule has 0 bridgehead atoms. The topological polar surface area (TPSA) is 99.7 Å². The Morgan fingerprint density at radius 2 is 1.68 bits per heavy atom. The highest BCUT2D eigenvalue weighted by Crippen LogP contribution is 2.23. The first kappa shape index (κ1) is 21.1. The molecule has 0 aliphatic rings. The molecule has 8 heteroatoms. The molecule has 0 unspecified atom stereocenters. The summed E-state index contributed by atoms with van der Waals surface area (Å²) >= 11 is 6.04. The molecule has 0 atom stereocenters. The summed E-state index contributed by atoms with van der Waals surface area (Å²) in [5.74, 6) is -0.871. The van der Waals surface area contributed by atoms with Crippen LogP contribution >= 0.6 is 11.6 Å². The Labute approximate surface area is 168 Å². The van der Waals surface area contributed by atoms with E-state index in [9.17, 15) is 14.4 Å². The van der Waals surface area contributed by atoms with Gasteiger partial charge in [0.2, 0.25) is 11.8 Å². The van der Waals surface area contributed by atoms with Gasteiger partial charge >= 0.3 is 0 Å². The number of carbonyl (C=O) groups excluding carboxylic acids is 3. The van der Waals surface area contributed by atoms with Crippen molar-refractivity contribution in [1.29, 1.82) is 0 Å². The second-order valence-corrected chi connectivity index (χ2v) is 6.59. The van der Waals surface area contributed by atoms with Crippen LogP contribution in [0.3, 0.4) is 0 Å². The average molecular weight is 401 g/mol. The van der Waals surface area contributed by atoms with Gasteiger partial charge in [-0.15, -0.1) is 0 Å². The van der Waals surface area contributed by atoms with Crippen molar-refractivity contribution < 1.29 is 14.4 Å². The molecule has 0 heterocycles. The zero-order valence-electron chi connectivity index (χ0n) is 15.8. The Bertz CT molecular complexity index is 924.